The van der Waals surface area contributed by atoms with Crippen LogP contribution in [-0.4, -0.2) is 34.9 Å². The largest absolute Gasteiger partial charge is 0.394 e. The van der Waals surface area contributed by atoms with Gasteiger partial charge in [0.15, 0.2) is 0 Å². The van der Waals surface area contributed by atoms with Crippen molar-refractivity contribution in [2.24, 2.45) is 0 Å². The van der Waals surface area contributed by atoms with Gasteiger partial charge in [-0.15, -0.1) is 0 Å². The van der Waals surface area contributed by atoms with E-state index in [9.17, 15) is 15.0 Å². The van der Waals surface area contributed by atoms with E-state index in [2.05, 4.69) is 104 Å². The summed E-state index contributed by atoms with van der Waals surface area (Å²) < 4.78 is 0. The summed E-state index contributed by atoms with van der Waals surface area (Å²) in [5.41, 5.74) is 0. The molecular formula is C65H115NO3. The van der Waals surface area contributed by atoms with Gasteiger partial charge in [-0.1, -0.05) is 291 Å². The first-order chi connectivity index (χ1) is 34.2. The molecule has 0 aliphatic heterocycles. The van der Waals surface area contributed by atoms with Crippen LogP contribution in [-0.2, 0) is 4.79 Å². The summed E-state index contributed by atoms with van der Waals surface area (Å²) in [6, 6.07) is -0.647. The molecule has 2 unspecified atom stereocenters. The second-order valence-electron chi connectivity index (χ2n) is 20.0. The highest BCUT2D eigenvalue weighted by Gasteiger charge is 2.18. The van der Waals surface area contributed by atoms with Gasteiger partial charge in [0.25, 0.3) is 0 Å². The Bertz CT molecular complexity index is 1270. The van der Waals surface area contributed by atoms with E-state index >= 15 is 0 Å². The van der Waals surface area contributed by atoms with Crippen LogP contribution in [0, 0.1) is 0 Å². The highest BCUT2D eigenvalue weighted by Crippen LogP contribution is 2.17. The van der Waals surface area contributed by atoms with Gasteiger partial charge in [-0.2, -0.15) is 0 Å². The summed E-state index contributed by atoms with van der Waals surface area (Å²) in [7, 11) is 0. The van der Waals surface area contributed by atoms with Gasteiger partial charge >= 0.3 is 0 Å². The summed E-state index contributed by atoms with van der Waals surface area (Å²) in [5.74, 6) is -0.0762. The molecule has 69 heavy (non-hydrogen) atoms. The summed E-state index contributed by atoms with van der Waals surface area (Å²) in [6.45, 7) is 4.18. The first-order valence-corrected chi connectivity index (χ1v) is 30.0. The summed E-state index contributed by atoms with van der Waals surface area (Å²) in [4.78, 5) is 12.5. The van der Waals surface area contributed by atoms with Gasteiger partial charge in [0.05, 0.1) is 18.8 Å². The Hall–Kier alpha value is -2.69. The number of hydrogen-bond donors (Lipinski definition) is 3. The van der Waals surface area contributed by atoms with Crippen molar-refractivity contribution in [2.75, 3.05) is 6.61 Å². The molecule has 0 aromatic rings. The van der Waals surface area contributed by atoms with Gasteiger partial charge < -0.3 is 15.5 Å². The molecule has 0 fully saturated rings. The normalized spacial score (nSPS) is 13.5. The second-order valence-corrected chi connectivity index (χ2v) is 20.0. The maximum absolute atomic E-state index is 12.5. The third-order valence-corrected chi connectivity index (χ3v) is 13.3. The number of hydrogen-bond acceptors (Lipinski definition) is 3. The van der Waals surface area contributed by atoms with Crippen LogP contribution in [0.2, 0.25) is 0 Å². The minimum atomic E-state index is -0.872. The quantitative estimate of drug-likeness (QED) is 0.0420. The Balaban J connectivity index is 3.45. The molecule has 0 saturated carbocycles. The van der Waals surface area contributed by atoms with Gasteiger partial charge in [0.2, 0.25) is 5.91 Å². The van der Waals surface area contributed by atoms with E-state index in [-0.39, 0.29) is 12.5 Å². The zero-order valence-electron chi connectivity index (χ0n) is 45.8. The second kappa shape index (κ2) is 59.6. The van der Waals surface area contributed by atoms with Gasteiger partial charge in [-0.05, 0) is 89.9 Å². The number of carbonyl (C=O) groups is 1. The number of nitrogens with one attached hydrogen (secondary N) is 1. The lowest BCUT2D eigenvalue weighted by Gasteiger charge is -2.19. The minimum Gasteiger partial charge on any atom is -0.394 e. The number of aliphatic hydroxyl groups is 2. The lowest BCUT2D eigenvalue weighted by Crippen LogP contribution is -2.45. The fourth-order valence-electron chi connectivity index (χ4n) is 8.77. The highest BCUT2D eigenvalue weighted by molar-refractivity contribution is 5.76. The highest BCUT2D eigenvalue weighted by atomic mass is 16.3. The monoisotopic (exact) mass is 958 g/mol. The Morgan fingerprint density at radius 1 is 0.362 bits per heavy atom. The molecular weight excluding hydrogens is 843 g/mol. The molecule has 3 N–H and O–H groups in total. The molecule has 2 atom stereocenters. The molecule has 0 spiro atoms. The fraction of sp³-hybridized carbons (Fsp3) is 0.738. The van der Waals surface area contributed by atoms with Crippen LogP contribution in [0.4, 0.5) is 0 Å². The van der Waals surface area contributed by atoms with E-state index in [1.54, 1.807) is 6.08 Å². The van der Waals surface area contributed by atoms with Crippen LogP contribution in [0.3, 0.4) is 0 Å². The standard InChI is InChI=1S/C65H115NO3/c1-3-5-7-9-11-13-15-17-19-21-22-23-24-25-26-27-28-29-30-31-32-33-34-35-36-37-38-39-40-41-42-43-44-45-47-49-51-53-55-57-59-61-65(69)66-63(62-67)64(68)60-58-56-54-52-50-48-46-20-18-16-14-12-10-8-6-4-2/h5,7,11,13,17-20,22-23,25-26,50,52,58,60,63-64,67-68H,3-4,6,8-10,12,14-16,21,24,27-49,51,53-57,59,61-62H2,1-2H3,(H,66,69)/b7-5-,13-11-,19-17-,20-18+,23-22-,26-25-,52-50+,60-58+. The average Bonchev–Trinajstić information content (AvgIpc) is 3.35. The van der Waals surface area contributed by atoms with Crippen molar-refractivity contribution in [2.45, 2.75) is 302 Å². The molecule has 4 nitrogen and oxygen atoms in total. The number of rotatable bonds is 54. The topological polar surface area (TPSA) is 69.6 Å². The molecule has 0 saturated heterocycles. The van der Waals surface area contributed by atoms with E-state index in [1.807, 2.05) is 6.08 Å². The van der Waals surface area contributed by atoms with E-state index in [1.165, 1.54) is 199 Å². The fourth-order valence-corrected chi connectivity index (χ4v) is 8.77. The Labute approximate surface area is 430 Å². The van der Waals surface area contributed by atoms with Crippen LogP contribution in [0.1, 0.15) is 290 Å². The zero-order chi connectivity index (χ0) is 49.9. The minimum absolute atomic E-state index is 0.0762. The number of carbonyl (C=O) groups excluding carboxylic acids is 1. The van der Waals surface area contributed by atoms with Crippen molar-refractivity contribution in [1.82, 2.24) is 5.32 Å². The summed E-state index contributed by atoms with van der Waals surface area (Å²) in [5, 5.41) is 23.1. The van der Waals surface area contributed by atoms with Crippen molar-refractivity contribution in [3.8, 4) is 0 Å². The van der Waals surface area contributed by atoms with E-state index < -0.39 is 12.1 Å². The maximum atomic E-state index is 12.5. The molecule has 4 heteroatoms. The number of unbranched alkanes of at least 4 members (excludes halogenated alkanes) is 33. The zero-order valence-corrected chi connectivity index (χ0v) is 45.8. The van der Waals surface area contributed by atoms with Crippen molar-refractivity contribution in [3.05, 3.63) is 97.2 Å². The van der Waals surface area contributed by atoms with Gasteiger partial charge in [0.1, 0.15) is 0 Å². The molecule has 0 heterocycles. The first kappa shape index (κ1) is 66.3. The molecule has 0 aliphatic carbocycles. The number of amides is 1. The maximum Gasteiger partial charge on any atom is 0.220 e. The van der Waals surface area contributed by atoms with Crippen molar-refractivity contribution in [3.63, 3.8) is 0 Å². The van der Waals surface area contributed by atoms with Gasteiger partial charge in [-0.25, -0.2) is 0 Å². The molecule has 0 aliphatic rings. The molecule has 0 bridgehead atoms. The predicted octanol–water partition coefficient (Wildman–Crippen LogP) is 20.1. The smallest absolute Gasteiger partial charge is 0.220 e. The predicted molar refractivity (Wildman–Crippen MR) is 308 cm³/mol. The first-order valence-electron chi connectivity index (χ1n) is 30.0. The molecule has 0 aromatic heterocycles. The molecule has 0 rings (SSSR count). The van der Waals surface area contributed by atoms with Crippen LogP contribution in [0.5, 0.6) is 0 Å². The third kappa shape index (κ3) is 56.1. The molecule has 398 valence electrons. The van der Waals surface area contributed by atoms with Gasteiger partial charge in [-0.3, -0.25) is 4.79 Å². The SMILES string of the molecule is CC/C=C\C/C=C\C/C=C\C/C=C\C/C=C\CCCCCCCCCCCCCCCCCCCCCCCCCCCC(=O)NC(CO)C(O)/C=C/CC/C=C/CC/C=C/CCCCCCCC. The van der Waals surface area contributed by atoms with Gasteiger partial charge in [0, 0.05) is 6.42 Å². The van der Waals surface area contributed by atoms with Crippen LogP contribution in [0.15, 0.2) is 97.2 Å². The van der Waals surface area contributed by atoms with Crippen molar-refractivity contribution >= 4 is 5.91 Å². The van der Waals surface area contributed by atoms with Crippen LogP contribution in [0.25, 0.3) is 0 Å². The Kier molecular flexibility index (Phi) is 57.3. The van der Waals surface area contributed by atoms with Crippen LogP contribution >= 0.6 is 0 Å². The Morgan fingerprint density at radius 2 is 0.652 bits per heavy atom. The molecule has 0 aromatic carbocycles. The lowest BCUT2D eigenvalue weighted by atomic mass is 10.0. The molecule has 1 amide bonds. The summed E-state index contributed by atoms with van der Waals surface area (Å²) >= 11 is 0. The number of aliphatic hydroxyl groups excluding tert-OH is 2. The van der Waals surface area contributed by atoms with Crippen molar-refractivity contribution in [1.29, 1.82) is 0 Å². The van der Waals surface area contributed by atoms with E-state index in [0.29, 0.717) is 6.42 Å². The van der Waals surface area contributed by atoms with E-state index in [0.717, 1.165) is 70.6 Å². The summed E-state index contributed by atoms with van der Waals surface area (Å²) in [6.07, 6.45) is 88.8. The van der Waals surface area contributed by atoms with E-state index in [4.69, 9.17) is 0 Å². The molecule has 0 radical (unpaired) electrons. The number of allylic oxidation sites excluding steroid dienone is 15. The lowest BCUT2D eigenvalue weighted by molar-refractivity contribution is -0.123. The Morgan fingerprint density at radius 3 is 1.01 bits per heavy atom. The van der Waals surface area contributed by atoms with Crippen molar-refractivity contribution < 1.29 is 15.0 Å². The average molecular weight is 959 g/mol. The van der Waals surface area contributed by atoms with Crippen LogP contribution < -0.4 is 5.32 Å². The third-order valence-electron chi connectivity index (χ3n) is 13.3.